The Morgan fingerprint density at radius 1 is 1.09 bits per heavy atom. The third-order valence-electron chi connectivity index (χ3n) is 3.38. The van der Waals surface area contributed by atoms with Crippen LogP contribution in [0.25, 0.3) is 0 Å². The van der Waals surface area contributed by atoms with Gasteiger partial charge in [-0.15, -0.1) is 0 Å². The number of hydrogen-bond donors (Lipinski definition) is 0. The van der Waals surface area contributed by atoms with E-state index < -0.39 is 10.0 Å². The monoisotopic (exact) mass is 332 g/mol. The van der Waals surface area contributed by atoms with E-state index >= 15 is 0 Å². The molecule has 0 atom stereocenters. The maximum absolute atomic E-state index is 12.6. The molecule has 0 aliphatic rings. The summed E-state index contributed by atoms with van der Waals surface area (Å²) in [6, 6.07) is 15.5. The summed E-state index contributed by atoms with van der Waals surface area (Å²) in [7, 11) is -2.02. The highest BCUT2D eigenvalue weighted by atomic mass is 32.2. The molecular formula is C17H20N2O3S. The molecule has 0 aliphatic heterocycles. The first-order chi connectivity index (χ1) is 11.0. The first kappa shape index (κ1) is 17.0. The Morgan fingerprint density at radius 2 is 1.70 bits per heavy atom. The molecule has 5 nitrogen and oxygen atoms in total. The highest BCUT2D eigenvalue weighted by molar-refractivity contribution is 7.92. The van der Waals surface area contributed by atoms with E-state index in [0.717, 1.165) is 11.3 Å². The second-order valence-corrected chi connectivity index (χ2v) is 6.90. The fourth-order valence-electron chi connectivity index (χ4n) is 2.02. The second kappa shape index (κ2) is 7.28. The zero-order chi connectivity index (χ0) is 16.9. The fraction of sp³-hybridized carbons (Fsp3) is 0.235. The topological polar surface area (TPSA) is 59.0 Å². The summed E-state index contributed by atoms with van der Waals surface area (Å²) in [6.45, 7) is 4.21. The van der Waals surface area contributed by atoms with Crippen LogP contribution in [0.4, 0.5) is 5.69 Å². The van der Waals surface area contributed by atoms with Crippen LogP contribution in [-0.4, -0.2) is 27.8 Å². The molecule has 0 aliphatic carbocycles. The van der Waals surface area contributed by atoms with Gasteiger partial charge < -0.3 is 4.84 Å². The van der Waals surface area contributed by atoms with Crippen LogP contribution in [0.3, 0.4) is 0 Å². The molecule has 0 N–H and O–H groups in total. The van der Waals surface area contributed by atoms with Crippen molar-refractivity contribution >= 4 is 21.4 Å². The smallest absolute Gasteiger partial charge is 0.264 e. The summed E-state index contributed by atoms with van der Waals surface area (Å²) in [4.78, 5) is 5.29. The standard InChI is InChI=1S/C17H20N2O3S/c1-4-22-18-14(2)15-10-12-16(13-11-15)19(3)23(20,21)17-8-6-5-7-9-17/h5-13H,4H2,1-3H3. The first-order valence-electron chi connectivity index (χ1n) is 7.27. The van der Waals surface area contributed by atoms with E-state index in [-0.39, 0.29) is 4.90 Å². The van der Waals surface area contributed by atoms with Gasteiger partial charge in [-0.25, -0.2) is 8.42 Å². The summed E-state index contributed by atoms with van der Waals surface area (Å²) >= 11 is 0. The molecule has 0 saturated carbocycles. The number of sulfonamides is 1. The van der Waals surface area contributed by atoms with Gasteiger partial charge in [0.15, 0.2) is 0 Å². The van der Waals surface area contributed by atoms with Gasteiger partial charge >= 0.3 is 0 Å². The highest BCUT2D eigenvalue weighted by Gasteiger charge is 2.20. The number of rotatable bonds is 6. The van der Waals surface area contributed by atoms with Gasteiger partial charge in [-0.05, 0) is 43.7 Å². The van der Waals surface area contributed by atoms with Crippen molar-refractivity contribution in [3.63, 3.8) is 0 Å². The Labute approximate surface area is 137 Å². The van der Waals surface area contributed by atoms with Gasteiger partial charge in [-0.3, -0.25) is 4.31 Å². The Morgan fingerprint density at radius 3 is 2.26 bits per heavy atom. The lowest BCUT2D eigenvalue weighted by atomic mass is 10.1. The van der Waals surface area contributed by atoms with Crippen LogP contribution in [0, 0.1) is 0 Å². The molecule has 0 heterocycles. The second-order valence-electron chi connectivity index (χ2n) is 4.93. The van der Waals surface area contributed by atoms with Crippen LogP contribution < -0.4 is 4.31 Å². The molecule has 2 aromatic rings. The van der Waals surface area contributed by atoms with Gasteiger partial charge in [0.2, 0.25) is 0 Å². The molecule has 0 amide bonds. The molecule has 23 heavy (non-hydrogen) atoms. The summed E-state index contributed by atoms with van der Waals surface area (Å²) in [5.74, 6) is 0. The van der Waals surface area contributed by atoms with Crippen LogP contribution in [0.2, 0.25) is 0 Å². The third-order valence-corrected chi connectivity index (χ3v) is 5.18. The summed E-state index contributed by atoms with van der Waals surface area (Å²) < 4.78 is 26.4. The van der Waals surface area contributed by atoms with Crippen LogP contribution >= 0.6 is 0 Å². The van der Waals surface area contributed by atoms with Gasteiger partial charge in [-0.1, -0.05) is 35.5 Å². The predicted molar refractivity (Wildman–Crippen MR) is 92.3 cm³/mol. The number of anilines is 1. The van der Waals surface area contributed by atoms with E-state index in [1.807, 2.05) is 26.0 Å². The van der Waals surface area contributed by atoms with Gasteiger partial charge in [-0.2, -0.15) is 0 Å². The molecule has 0 saturated heterocycles. The number of benzene rings is 2. The lowest BCUT2D eigenvalue weighted by Gasteiger charge is -2.19. The maximum atomic E-state index is 12.6. The van der Waals surface area contributed by atoms with Crippen molar-refractivity contribution in [3.05, 3.63) is 60.2 Å². The number of hydrogen-bond acceptors (Lipinski definition) is 4. The van der Waals surface area contributed by atoms with Crippen molar-refractivity contribution in [2.75, 3.05) is 18.0 Å². The van der Waals surface area contributed by atoms with Crippen molar-refractivity contribution in [3.8, 4) is 0 Å². The molecule has 122 valence electrons. The summed E-state index contributed by atoms with van der Waals surface area (Å²) in [5.41, 5.74) is 2.21. The summed E-state index contributed by atoms with van der Waals surface area (Å²) in [5, 5.41) is 3.97. The molecule has 2 rings (SSSR count). The fourth-order valence-corrected chi connectivity index (χ4v) is 3.23. The van der Waals surface area contributed by atoms with Crippen molar-refractivity contribution in [1.29, 1.82) is 0 Å². The van der Waals surface area contributed by atoms with Crippen LogP contribution in [0.1, 0.15) is 19.4 Å². The maximum Gasteiger partial charge on any atom is 0.264 e. The molecule has 0 unspecified atom stereocenters. The molecule has 0 bridgehead atoms. The zero-order valence-electron chi connectivity index (χ0n) is 13.4. The Hall–Kier alpha value is -2.34. The Balaban J connectivity index is 2.26. The molecule has 2 aromatic carbocycles. The average molecular weight is 332 g/mol. The number of nitrogens with zero attached hydrogens (tertiary/aromatic N) is 2. The van der Waals surface area contributed by atoms with Crippen molar-refractivity contribution in [2.45, 2.75) is 18.7 Å². The van der Waals surface area contributed by atoms with Crippen LogP contribution in [-0.2, 0) is 14.9 Å². The molecule has 0 fully saturated rings. The van der Waals surface area contributed by atoms with E-state index in [2.05, 4.69) is 5.16 Å². The van der Waals surface area contributed by atoms with Crippen molar-refractivity contribution in [1.82, 2.24) is 0 Å². The largest absolute Gasteiger partial charge is 0.396 e. The van der Waals surface area contributed by atoms with Crippen LogP contribution in [0.5, 0.6) is 0 Å². The van der Waals surface area contributed by atoms with E-state index in [0.29, 0.717) is 12.3 Å². The third kappa shape index (κ3) is 3.90. The molecule has 0 aromatic heterocycles. The van der Waals surface area contributed by atoms with Crippen LogP contribution in [0.15, 0.2) is 64.6 Å². The minimum atomic E-state index is -3.56. The zero-order valence-corrected chi connectivity index (χ0v) is 14.2. The molecule has 0 radical (unpaired) electrons. The average Bonchev–Trinajstić information content (AvgIpc) is 2.59. The van der Waals surface area contributed by atoms with Gasteiger partial charge in [0, 0.05) is 7.05 Å². The lowest BCUT2D eigenvalue weighted by molar-refractivity contribution is 0.159. The highest BCUT2D eigenvalue weighted by Crippen LogP contribution is 2.22. The summed E-state index contributed by atoms with van der Waals surface area (Å²) in [6.07, 6.45) is 0. The molecular weight excluding hydrogens is 312 g/mol. The molecule has 0 spiro atoms. The van der Waals surface area contributed by atoms with E-state index in [4.69, 9.17) is 4.84 Å². The van der Waals surface area contributed by atoms with Crippen molar-refractivity contribution < 1.29 is 13.3 Å². The minimum Gasteiger partial charge on any atom is -0.396 e. The van der Waals surface area contributed by atoms with E-state index in [1.165, 1.54) is 4.31 Å². The Bertz CT molecular complexity index is 769. The van der Waals surface area contributed by atoms with Gasteiger partial charge in [0.1, 0.15) is 6.61 Å². The normalized spacial score (nSPS) is 12.0. The van der Waals surface area contributed by atoms with Gasteiger partial charge in [0.05, 0.1) is 16.3 Å². The van der Waals surface area contributed by atoms with Gasteiger partial charge in [0.25, 0.3) is 10.0 Å². The van der Waals surface area contributed by atoms with E-state index in [9.17, 15) is 8.42 Å². The Kier molecular flexibility index (Phi) is 5.39. The number of oxime groups is 1. The lowest BCUT2D eigenvalue weighted by Crippen LogP contribution is -2.26. The minimum absolute atomic E-state index is 0.265. The van der Waals surface area contributed by atoms with E-state index in [1.54, 1.807) is 49.5 Å². The molecule has 6 heteroatoms. The SMILES string of the molecule is CCON=C(C)c1ccc(N(C)S(=O)(=O)c2ccccc2)cc1. The first-order valence-corrected chi connectivity index (χ1v) is 8.71. The van der Waals surface area contributed by atoms with Crippen molar-refractivity contribution in [2.24, 2.45) is 5.16 Å². The predicted octanol–water partition coefficient (Wildman–Crippen LogP) is 3.27. The quantitative estimate of drug-likeness (QED) is 0.602.